The summed E-state index contributed by atoms with van der Waals surface area (Å²) in [7, 11) is 0. The lowest BCUT2D eigenvalue weighted by molar-refractivity contribution is -0.0830. The van der Waals surface area contributed by atoms with E-state index in [9.17, 15) is 5.11 Å². The van der Waals surface area contributed by atoms with Gasteiger partial charge < -0.3 is 5.11 Å². The maximum atomic E-state index is 10.2. The summed E-state index contributed by atoms with van der Waals surface area (Å²) in [6.07, 6.45) is 14.1. The van der Waals surface area contributed by atoms with E-state index in [2.05, 4.69) is 18.8 Å². The fourth-order valence-electron chi connectivity index (χ4n) is 7.71. The second-order valence-corrected chi connectivity index (χ2v) is 9.33. The first-order valence-electron chi connectivity index (χ1n) is 10.2. The zero-order chi connectivity index (χ0) is 16.1. The van der Waals surface area contributed by atoms with Gasteiger partial charge in [-0.25, -0.2) is 0 Å². The van der Waals surface area contributed by atoms with E-state index in [4.69, 9.17) is 0 Å². The number of aliphatic hydroxyl groups excluding tert-OH is 1. The molecule has 0 amide bonds. The molecule has 23 heavy (non-hydrogen) atoms. The fourth-order valence-corrected chi connectivity index (χ4v) is 7.71. The van der Waals surface area contributed by atoms with Gasteiger partial charge >= 0.3 is 0 Å². The van der Waals surface area contributed by atoms with Crippen molar-refractivity contribution in [2.45, 2.75) is 78.1 Å². The highest BCUT2D eigenvalue weighted by Gasteiger charge is 2.62. The minimum absolute atomic E-state index is 0.110. The number of hydrogen-bond donors (Lipinski definition) is 1. The predicted octanol–water partition coefficient (Wildman–Crippen LogP) is 5.03. The first kappa shape index (κ1) is 16.0. The van der Waals surface area contributed by atoms with Crippen LogP contribution in [0.25, 0.3) is 0 Å². The van der Waals surface area contributed by atoms with E-state index in [1.807, 2.05) is 6.92 Å². The molecule has 128 valence electrons. The first-order valence-corrected chi connectivity index (χ1v) is 10.2. The Kier molecular flexibility index (Phi) is 4.04. The van der Waals surface area contributed by atoms with E-state index >= 15 is 0 Å². The molecule has 4 aliphatic carbocycles. The first-order chi connectivity index (χ1) is 11.1. The standard InChI is InChI=1S/C22H34O/c1-3-12-22(15-23)14-11-20-19-9-8-16-6-4-5-7-17(16)18(19)10-13-21(20,22)2/h16-20,23H,4-11,13-15H2,1-2H3. The van der Waals surface area contributed by atoms with Crippen LogP contribution in [0.15, 0.2) is 0 Å². The summed E-state index contributed by atoms with van der Waals surface area (Å²) in [6, 6.07) is 0. The summed E-state index contributed by atoms with van der Waals surface area (Å²) in [6.45, 7) is 4.70. The lowest BCUT2D eigenvalue weighted by Gasteiger charge is -2.57. The molecule has 0 bridgehead atoms. The van der Waals surface area contributed by atoms with E-state index in [1.54, 1.807) is 0 Å². The molecule has 0 aromatic heterocycles. The smallest absolute Gasteiger partial charge is 0.0602 e. The summed E-state index contributed by atoms with van der Waals surface area (Å²) in [5, 5.41) is 10.2. The van der Waals surface area contributed by atoms with Crippen molar-refractivity contribution in [2.24, 2.45) is 40.4 Å². The van der Waals surface area contributed by atoms with Crippen LogP contribution in [-0.2, 0) is 0 Å². The molecular weight excluding hydrogens is 280 g/mol. The molecule has 0 aromatic carbocycles. The SMILES string of the molecule is CC#CC1(CO)CCC2C3CCC4CCCCC4C3CCC21C. The molecule has 4 saturated carbocycles. The maximum Gasteiger partial charge on any atom is 0.0602 e. The van der Waals surface area contributed by atoms with Gasteiger partial charge in [-0.15, -0.1) is 5.92 Å². The quantitative estimate of drug-likeness (QED) is 0.673. The molecule has 0 heterocycles. The molecule has 0 radical (unpaired) electrons. The summed E-state index contributed by atoms with van der Waals surface area (Å²) >= 11 is 0. The van der Waals surface area contributed by atoms with Crippen molar-refractivity contribution >= 4 is 0 Å². The van der Waals surface area contributed by atoms with Crippen LogP contribution in [0.1, 0.15) is 78.1 Å². The molecule has 0 aromatic rings. The molecule has 1 nitrogen and oxygen atoms in total. The van der Waals surface area contributed by atoms with Crippen molar-refractivity contribution in [2.75, 3.05) is 6.61 Å². The van der Waals surface area contributed by atoms with Crippen LogP contribution in [0, 0.1) is 52.3 Å². The third-order valence-corrected chi connectivity index (χ3v) is 8.88. The Bertz CT molecular complexity index is 514. The summed E-state index contributed by atoms with van der Waals surface area (Å²) < 4.78 is 0. The highest BCUT2D eigenvalue weighted by molar-refractivity contribution is 5.23. The van der Waals surface area contributed by atoms with E-state index < -0.39 is 0 Å². The van der Waals surface area contributed by atoms with Gasteiger partial charge in [0.25, 0.3) is 0 Å². The van der Waals surface area contributed by atoms with Crippen LogP contribution in [0.4, 0.5) is 0 Å². The zero-order valence-electron chi connectivity index (χ0n) is 15.1. The third-order valence-electron chi connectivity index (χ3n) is 8.88. The van der Waals surface area contributed by atoms with Gasteiger partial charge in [-0.3, -0.25) is 0 Å². The Labute approximate surface area is 142 Å². The highest BCUT2D eigenvalue weighted by Crippen LogP contribution is 2.67. The summed E-state index contributed by atoms with van der Waals surface area (Å²) in [4.78, 5) is 0. The van der Waals surface area contributed by atoms with Crippen molar-refractivity contribution in [3.63, 3.8) is 0 Å². The molecule has 4 rings (SSSR count). The Balaban J connectivity index is 1.63. The number of hydrogen-bond acceptors (Lipinski definition) is 1. The Morgan fingerprint density at radius 2 is 1.74 bits per heavy atom. The molecule has 1 heteroatoms. The molecule has 0 saturated heterocycles. The maximum absolute atomic E-state index is 10.2. The minimum atomic E-state index is -0.110. The molecule has 0 spiro atoms. The van der Waals surface area contributed by atoms with E-state index in [-0.39, 0.29) is 17.4 Å². The van der Waals surface area contributed by atoms with Gasteiger partial charge in [0.05, 0.1) is 12.0 Å². The van der Waals surface area contributed by atoms with Crippen LogP contribution in [-0.4, -0.2) is 11.7 Å². The molecule has 4 fully saturated rings. The highest BCUT2D eigenvalue weighted by atomic mass is 16.3. The average Bonchev–Trinajstić information content (AvgIpc) is 2.88. The predicted molar refractivity (Wildman–Crippen MR) is 94.7 cm³/mol. The lowest BCUT2D eigenvalue weighted by atomic mass is 9.48. The van der Waals surface area contributed by atoms with Crippen LogP contribution >= 0.6 is 0 Å². The summed E-state index contributed by atoms with van der Waals surface area (Å²) in [5.74, 6) is 11.5. The van der Waals surface area contributed by atoms with Gasteiger partial charge in [-0.1, -0.05) is 32.1 Å². The Morgan fingerprint density at radius 1 is 0.913 bits per heavy atom. The number of rotatable bonds is 1. The normalized spacial score (nSPS) is 51.9. The molecule has 7 unspecified atom stereocenters. The Morgan fingerprint density at radius 3 is 2.52 bits per heavy atom. The molecule has 7 atom stereocenters. The van der Waals surface area contributed by atoms with E-state index in [1.165, 1.54) is 57.8 Å². The molecule has 0 aliphatic heterocycles. The van der Waals surface area contributed by atoms with Crippen molar-refractivity contribution in [3.8, 4) is 11.8 Å². The average molecular weight is 315 g/mol. The van der Waals surface area contributed by atoms with Crippen molar-refractivity contribution in [1.29, 1.82) is 0 Å². The second kappa shape index (κ2) is 5.80. The van der Waals surface area contributed by atoms with Gasteiger partial charge in [-0.05, 0) is 86.9 Å². The summed E-state index contributed by atoms with van der Waals surface area (Å²) in [5.41, 5.74) is 0.147. The molecular formula is C22H34O. The molecule has 1 N–H and O–H groups in total. The zero-order valence-corrected chi connectivity index (χ0v) is 15.1. The van der Waals surface area contributed by atoms with Crippen LogP contribution in [0.5, 0.6) is 0 Å². The van der Waals surface area contributed by atoms with Gasteiger partial charge in [-0.2, -0.15) is 0 Å². The van der Waals surface area contributed by atoms with E-state index in [0.29, 0.717) is 0 Å². The number of fused-ring (bicyclic) bond motifs is 5. The molecule has 4 aliphatic rings. The topological polar surface area (TPSA) is 20.2 Å². The van der Waals surface area contributed by atoms with Gasteiger partial charge in [0.2, 0.25) is 0 Å². The van der Waals surface area contributed by atoms with Crippen LogP contribution in [0.2, 0.25) is 0 Å². The van der Waals surface area contributed by atoms with Crippen molar-refractivity contribution in [3.05, 3.63) is 0 Å². The fraction of sp³-hybridized carbons (Fsp3) is 0.909. The monoisotopic (exact) mass is 314 g/mol. The lowest BCUT2D eigenvalue weighted by Crippen LogP contribution is -2.51. The van der Waals surface area contributed by atoms with Gasteiger partial charge in [0.15, 0.2) is 0 Å². The van der Waals surface area contributed by atoms with Crippen molar-refractivity contribution in [1.82, 2.24) is 0 Å². The number of aliphatic hydroxyl groups is 1. The minimum Gasteiger partial charge on any atom is -0.395 e. The van der Waals surface area contributed by atoms with E-state index in [0.717, 1.165) is 36.0 Å². The van der Waals surface area contributed by atoms with Gasteiger partial charge in [0, 0.05) is 0 Å². The van der Waals surface area contributed by atoms with Crippen LogP contribution < -0.4 is 0 Å². The van der Waals surface area contributed by atoms with Gasteiger partial charge in [0.1, 0.15) is 0 Å². The second-order valence-electron chi connectivity index (χ2n) is 9.33. The third kappa shape index (κ3) is 2.17. The largest absolute Gasteiger partial charge is 0.395 e. The Hall–Kier alpha value is -0.480. The van der Waals surface area contributed by atoms with Crippen LogP contribution in [0.3, 0.4) is 0 Å². The van der Waals surface area contributed by atoms with Crippen molar-refractivity contribution < 1.29 is 5.11 Å².